The van der Waals surface area contributed by atoms with Crippen LogP contribution in [0, 0.1) is 11.8 Å². The highest BCUT2D eigenvalue weighted by atomic mass is 16.5. The number of likely N-dealkylation sites (tertiary alicyclic amines) is 1. The van der Waals surface area contributed by atoms with Gasteiger partial charge in [0, 0.05) is 37.2 Å². The van der Waals surface area contributed by atoms with E-state index in [1.807, 2.05) is 42.5 Å². The Balaban J connectivity index is 1.68. The summed E-state index contributed by atoms with van der Waals surface area (Å²) >= 11 is 0. The van der Waals surface area contributed by atoms with Crippen LogP contribution in [0.5, 0.6) is 5.75 Å². The Labute approximate surface area is 171 Å². The molecule has 152 valence electrons. The van der Waals surface area contributed by atoms with Crippen LogP contribution >= 0.6 is 0 Å². The van der Waals surface area contributed by atoms with Gasteiger partial charge in [-0.2, -0.15) is 4.65 Å². The molecular formula is C24H28NO4+. The monoisotopic (exact) mass is 394 g/mol. The third-order valence-corrected chi connectivity index (χ3v) is 6.66. The largest absolute Gasteiger partial charge is 0.497 e. The van der Waals surface area contributed by atoms with Gasteiger partial charge in [-0.25, -0.2) is 5.21 Å². The lowest BCUT2D eigenvalue weighted by Crippen LogP contribution is -2.58. The number of hydrogen-bond donors (Lipinski definition) is 1. The molecule has 29 heavy (non-hydrogen) atoms. The predicted molar refractivity (Wildman–Crippen MR) is 109 cm³/mol. The summed E-state index contributed by atoms with van der Waals surface area (Å²) in [5, 5.41) is 11.8. The highest BCUT2D eigenvalue weighted by Crippen LogP contribution is 2.48. The van der Waals surface area contributed by atoms with E-state index in [1.165, 1.54) is 5.56 Å². The molecule has 1 saturated carbocycles. The van der Waals surface area contributed by atoms with E-state index >= 15 is 0 Å². The normalized spacial score (nSPS) is 29.4. The number of piperidine rings is 1. The van der Waals surface area contributed by atoms with E-state index in [4.69, 9.17) is 4.74 Å². The van der Waals surface area contributed by atoms with Gasteiger partial charge in [-0.05, 0) is 23.6 Å². The van der Waals surface area contributed by atoms with E-state index in [2.05, 4.69) is 12.1 Å². The molecule has 5 nitrogen and oxygen atoms in total. The standard InChI is InChI=1S/C24H28NO4/c1-29-20-9-5-8-19(14-20)24-21-16-23(27)22(26)15-18(21)11-13-25(24,28)12-10-17-6-3-2-4-7-17/h2-9,14,18,21,24,28H,10-13,15-16H2,1H3/q+1. The smallest absolute Gasteiger partial charge is 0.198 e. The number of methoxy groups -OCH3 is 1. The number of carbonyl (C=O) groups excluding carboxylic acids is 2. The van der Waals surface area contributed by atoms with Gasteiger partial charge in [-0.15, -0.1) is 0 Å². The van der Waals surface area contributed by atoms with Crippen LogP contribution in [-0.2, 0) is 16.0 Å². The summed E-state index contributed by atoms with van der Waals surface area (Å²) in [5.74, 6) is 0.291. The van der Waals surface area contributed by atoms with Crippen molar-refractivity contribution in [2.75, 3.05) is 20.2 Å². The molecule has 2 aliphatic rings. The first-order chi connectivity index (χ1) is 14.0. The molecular weight excluding hydrogens is 366 g/mol. The van der Waals surface area contributed by atoms with Crippen molar-refractivity contribution < 1.29 is 24.2 Å². The van der Waals surface area contributed by atoms with Gasteiger partial charge in [0.1, 0.15) is 24.9 Å². The molecule has 1 heterocycles. The summed E-state index contributed by atoms with van der Waals surface area (Å²) in [4.78, 5) is 24.3. The number of carbonyl (C=O) groups is 2. The number of hydrogen-bond acceptors (Lipinski definition) is 4. The Bertz CT molecular complexity index is 897. The Kier molecular flexibility index (Phi) is 5.52. The maximum absolute atomic E-state index is 12.3. The van der Waals surface area contributed by atoms with Gasteiger partial charge in [-0.1, -0.05) is 42.5 Å². The van der Waals surface area contributed by atoms with Crippen molar-refractivity contribution in [3.05, 3.63) is 65.7 Å². The molecule has 0 amide bonds. The zero-order valence-corrected chi connectivity index (χ0v) is 16.8. The van der Waals surface area contributed by atoms with Gasteiger partial charge in [-0.3, -0.25) is 9.59 Å². The summed E-state index contributed by atoms with van der Waals surface area (Å²) in [7, 11) is 1.63. The number of fused-ring (bicyclic) bond motifs is 1. The summed E-state index contributed by atoms with van der Waals surface area (Å²) in [6.45, 7) is 1.15. The van der Waals surface area contributed by atoms with Crippen molar-refractivity contribution in [2.45, 2.75) is 31.7 Å². The number of nitrogens with zero attached hydrogens (tertiary/aromatic N) is 1. The third kappa shape index (κ3) is 3.98. The second kappa shape index (κ2) is 8.09. The van der Waals surface area contributed by atoms with Crippen molar-refractivity contribution in [3.8, 4) is 5.75 Å². The number of ether oxygens (including phenoxy) is 1. The number of hydroxylamine groups is 3. The second-order valence-corrected chi connectivity index (χ2v) is 8.36. The van der Waals surface area contributed by atoms with Crippen LogP contribution in [0.15, 0.2) is 54.6 Å². The Morgan fingerprint density at radius 2 is 1.79 bits per heavy atom. The lowest BCUT2D eigenvalue weighted by molar-refractivity contribution is -1.13. The summed E-state index contributed by atoms with van der Waals surface area (Å²) in [6, 6.07) is 17.7. The zero-order chi connectivity index (χ0) is 20.4. The molecule has 5 heteroatoms. The number of ketones is 2. The van der Waals surface area contributed by atoms with Gasteiger partial charge in [0.25, 0.3) is 0 Å². The molecule has 1 aliphatic carbocycles. The van der Waals surface area contributed by atoms with E-state index in [9.17, 15) is 14.8 Å². The maximum atomic E-state index is 12.3. The second-order valence-electron chi connectivity index (χ2n) is 8.36. The molecule has 0 aromatic heterocycles. The van der Waals surface area contributed by atoms with Crippen LogP contribution in [0.25, 0.3) is 0 Å². The van der Waals surface area contributed by atoms with E-state index in [1.54, 1.807) is 7.11 Å². The van der Waals surface area contributed by atoms with E-state index in [0.29, 0.717) is 19.5 Å². The first-order valence-corrected chi connectivity index (χ1v) is 10.3. The SMILES string of the molecule is COc1cccc(C2C3CC(=O)C(=O)CC3CC[N+]2(O)CCc2ccccc2)c1. The molecule has 1 saturated heterocycles. The first kappa shape index (κ1) is 19.8. The number of benzene rings is 2. The van der Waals surface area contributed by atoms with Gasteiger partial charge in [0.15, 0.2) is 11.6 Å². The van der Waals surface area contributed by atoms with E-state index in [-0.39, 0.29) is 40.5 Å². The number of Topliss-reactive ketones (excluding diaryl/α,β-unsaturated/α-hetero) is 2. The fraction of sp³-hybridized carbons (Fsp3) is 0.417. The molecule has 0 radical (unpaired) electrons. The fourth-order valence-corrected chi connectivity index (χ4v) is 5.14. The van der Waals surface area contributed by atoms with E-state index in [0.717, 1.165) is 24.2 Å². The van der Waals surface area contributed by atoms with Gasteiger partial charge < -0.3 is 4.74 Å². The topological polar surface area (TPSA) is 63.6 Å². The molecule has 2 aromatic carbocycles. The van der Waals surface area contributed by atoms with Crippen molar-refractivity contribution in [1.29, 1.82) is 0 Å². The summed E-state index contributed by atoms with van der Waals surface area (Å²) < 4.78 is 5.30. The van der Waals surface area contributed by atoms with Crippen LogP contribution in [0.3, 0.4) is 0 Å². The number of quaternary nitrogens is 1. The highest BCUT2D eigenvalue weighted by molar-refractivity contribution is 6.37. The minimum Gasteiger partial charge on any atom is -0.497 e. The molecule has 4 unspecified atom stereocenters. The average Bonchev–Trinajstić information content (AvgIpc) is 2.74. The lowest BCUT2D eigenvalue weighted by atomic mass is 9.68. The van der Waals surface area contributed by atoms with Crippen LogP contribution in [0.4, 0.5) is 0 Å². The lowest BCUT2D eigenvalue weighted by Gasteiger charge is -2.49. The Morgan fingerprint density at radius 3 is 2.55 bits per heavy atom. The number of rotatable bonds is 5. The summed E-state index contributed by atoms with van der Waals surface area (Å²) in [5.41, 5.74) is 2.15. The van der Waals surface area contributed by atoms with Crippen molar-refractivity contribution in [3.63, 3.8) is 0 Å². The summed E-state index contributed by atoms with van der Waals surface area (Å²) in [6.07, 6.45) is 2.04. The predicted octanol–water partition coefficient (Wildman–Crippen LogP) is 3.75. The minimum absolute atomic E-state index is 0.0400. The Morgan fingerprint density at radius 1 is 1.03 bits per heavy atom. The maximum Gasteiger partial charge on any atom is 0.198 e. The fourth-order valence-electron chi connectivity index (χ4n) is 5.14. The molecule has 2 aromatic rings. The van der Waals surface area contributed by atoms with Crippen LogP contribution in [0.2, 0.25) is 0 Å². The van der Waals surface area contributed by atoms with Crippen LogP contribution in [0.1, 0.15) is 36.4 Å². The van der Waals surface area contributed by atoms with Crippen molar-refractivity contribution in [1.82, 2.24) is 0 Å². The molecule has 4 rings (SSSR count). The van der Waals surface area contributed by atoms with Gasteiger partial charge in [0.2, 0.25) is 0 Å². The quantitative estimate of drug-likeness (QED) is 0.620. The average molecular weight is 394 g/mol. The molecule has 2 fully saturated rings. The molecule has 1 aliphatic heterocycles. The third-order valence-electron chi connectivity index (χ3n) is 6.66. The van der Waals surface area contributed by atoms with Crippen LogP contribution in [-0.4, -0.2) is 41.6 Å². The Hall–Kier alpha value is -2.50. The molecule has 0 spiro atoms. The molecule has 4 atom stereocenters. The highest BCUT2D eigenvalue weighted by Gasteiger charge is 2.53. The molecule has 0 bridgehead atoms. The van der Waals surface area contributed by atoms with Gasteiger partial charge in [0.05, 0.1) is 7.11 Å². The van der Waals surface area contributed by atoms with Gasteiger partial charge >= 0.3 is 0 Å². The minimum atomic E-state index is -0.296. The van der Waals surface area contributed by atoms with Crippen molar-refractivity contribution >= 4 is 11.6 Å². The first-order valence-electron chi connectivity index (χ1n) is 10.3. The molecule has 1 N–H and O–H groups in total. The van der Waals surface area contributed by atoms with E-state index < -0.39 is 0 Å². The van der Waals surface area contributed by atoms with Crippen LogP contribution < -0.4 is 4.74 Å². The van der Waals surface area contributed by atoms with Crippen molar-refractivity contribution in [2.24, 2.45) is 11.8 Å². The zero-order valence-electron chi connectivity index (χ0n) is 16.8.